The Morgan fingerprint density at radius 2 is 1.74 bits per heavy atom. The zero-order valence-corrected chi connectivity index (χ0v) is 13.7. The maximum absolute atomic E-state index is 12.0. The lowest BCUT2D eigenvalue weighted by atomic mass is 10.2. The lowest BCUT2D eigenvalue weighted by molar-refractivity contribution is -0.119. The van der Waals surface area contributed by atoms with Crippen LogP contribution in [-0.2, 0) is 20.3 Å². The van der Waals surface area contributed by atoms with Crippen LogP contribution in [0.25, 0.3) is 0 Å². The van der Waals surface area contributed by atoms with Crippen LogP contribution in [0.2, 0.25) is 0 Å². The van der Waals surface area contributed by atoms with Gasteiger partial charge in [0.1, 0.15) is 0 Å². The third kappa shape index (κ3) is 4.75. The molecule has 0 saturated heterocycles. The number of esters is 1. The Balaban J connectivity index is 1.95. The van der Waals surface area contributed by atoms with Gasteiger partial charge in [-0.1, -0.05) is 29.8 Å². The Hall–Kier alpha value is -2.47. The average molecular weight is 331 g/mol. The van der Waals surface area contributed by atoms with Crippen LogP contribution >= 0.6 is 0 Å². The summed E-state index contributed by atoms with van der Waals surface area (Å²) >= 11 is 0. The summed E-state index contributed by atoms with van der Waals surface area (Å²) < 4.78 is 16.6. The summed E-state index contributed by atoms with van der Waals surface area (Å²) in [7, 11) is -1.31. The highest BCUT2D eigenvalue weighted by atomic mass is 32.2. The Bertz CT molecular complexity index is 741. The van der Waals surface area contributed by atoms with E-state index in [-0.39, 0.29) is 5.56 Å². The molecule has 0 heterocycles. The molecule has 0 fully saturated rings. The molecule has 1 atom stereocenters. The molecule has 2 rings (SSSR count). The zero-order chi connectivity index (χ0) is 16.8. The first-order valence-electron chi connectivity index (χ1n) is 6.93. The average Bonchev–Trinajstić information content (AvgIpc) is 2.54. The SMILES string of the molecule is Cc1ccc(NC(=O)COC(=O)c2ccccc2[S@](C)=O)cc1. The van der Waals surface area contributed by atoms with Crippen LogP contribution in [-0.4, -0.2) is 28.9 Å². The van der Waals surface area contributed by atoms with E-state index in [1.165, 1.54) is 12.3 Å². The van der Waals surface area contributed by atoms with Crippen LogP contribution in [0, 0.1) is 6.92 Å². The fourth-order valence-electron chi connectivity index (χ4n) is 1.93. The van der Waals surface area contributed by atoms with Gasteiger partial charge in [0.05, 0.1) is 21.3 Å². The maximum Gasteiger partial charge on any atom is 0.339 e. The zero-order valence-electron chi connectivity index (χ0n) is 12.9. The first-order valence-corrected chi connectivity index (χ1v) is 8.49. The number of nitrogens with one attached hydrogen (secondary N) is 1. The second-order valence-electron chi connectivity index (χ2n) is 4.94. The van der Waals surface area contributed by atoms with Crippen LogP contribution in [0.3, 0.4) is 0 Å². The van der Waals surface area contributed by atoms with Gasteiger partial charge in [-0.3, -0.25) is 9.00 Å². The van der Waals surface area contributed by atoms with Crippen molar-refractivity contribution in [1.29, 1.82) is 0 Å². The molecule has 0 aromatic heterocycles. The molecule has 23 heavy (non-hydrogen) atoms. The molecule has 0 aliphatic heterocycles. The van der Waals surface area contributed by atoms with E-state index in [4.69, 9.17) is 4.74 Å². The Morgan fingerprint density at radius 1 is 1.09 bits per heavy atom. The maximum atomic E-state index is 12.0. The van der Waals surface area contributed by atoms with Crippen molar-refractivity contribution >= 4 is 28.4 Å². The van der Waals surface area contributed by atoms with Crippen LogP contribution in [0.4, 0.5) is 5.69 Å². The quantitative estimate of drug-likeness (QED) is 0.855. The lowest BCUT2D eigenvalue weighted by Gasteiger charge is -2.08. The van der Waals surface area contributed by atoms with Crippen molar-refractivity contribution in [1.82, 2.24) is 0 Å². The van der Waals surface area contributed by atoms with Crippen LogP contribution in [0.1, 0.15) is 15.9 Å². The molecule has 2 aromatic carbocycles. The van der Waals surface area contributed by atoms with Crippen molar-refractivity contribution in [2.24, 2.45) is 0 Å². The molecule has 1 amide bonds. The molecular weight excluding hydrogens is 314 g/mol. The second kappa shape index (κ2) is 7.69. The molecule has 6 heteroatoms. The van der Waals surface area contributed by atoms with Gasteiger partial charge in [-0.15, -0.1) is 0 Å². The number of aryl methyl sites for hydroxylation is 1. The number of benzene rings is 2. The van der Waals surface area contributed by atoms with Crippen LogP contribution in [0.5, 0.6) is 0 Å². The summed E-state index contributed by atoms with van der Waals surface area (Å²) in [4.78, 5) is 24.2. The molecule has 0 unspecified atom stereocenters. The molecule has 0 radical (unpaired) electrons. The van der Waals surface area contributed by atoms with E-state index in [2.05, 4.69) is 5.32 Å². The van der Waals surface area contributed by atoms with E-state index < -0.39 is 29.3 Å². The van der Waals surface area contributed by atoms with Crippen molar-refractivity contribution in [2.75, 3.05) is 18.2 Å². The summed E-state index contributed by atoms with van der Waals surface area (Å²) in [5.41, 5.74) is 1.92. The minimum Gasteiger partial charge on any atom is -0.452 e. The van der Waals surface area contributed by atoms with Crippen molar-refractivity contribution < 1.29 is 18.5 Å². The molecule has 5 nitrogen and oxygen atoms in total. The molecule has 0 bridgehead atoms. The number of carbonyl (C=O) groups excluding carboxylic acids is 2. The van der Waals surface area contributed by atoms with Gasteiger partial charge in [0.25, 0.3) is 5.91 Å². The first-order chi connectivity index (χ1) is 11.0. The van der Waals surface area contributed by atoms with E-state index >= 15 is 0 Å². The van der Waals surface area contributed by atoms with E-state index in [1.807, 2.05) is 19.1 Å². The Labute approximate surface area is 137 Å². The molecular formula is C17H17NO4S. The van der Waals surface area contributed by atoms with Crippen molar-refractivity contribution in [3.05, 3.63) is 59.7 Å². The van der Waals surface area contributed by atoms with Gasteiger partial charge in [0.2, 0.25) is 0 Å². The van der Waals surface area contributed by atoms with Gasteiger partial charge in [0, 0.05) is 11.9 Å². The first kappa shape index (κ1) is 16.9. The third-order valence-corrected chi connectivity index (χ3v) is 4.06. The highest BCUT2D eigenvalue weighted by Crippen LogP contribution is 2.14. The molecule has 120 valence electrons. The molecule has 0 saturated carbocycles. The molecule has 1 N–H and O–H groups in total. The number of hydrogen-bond acceptors (Lipinski definition) is 4. The number of carbonyl (C=O) groups is 2. The Kier molecular flexibility index (Phi) is 5.65. The van der Waals surface area contributed by atoms with Crippen LogP contribution < -0.4 is 5.32 Å². The molecule has 2 aromatic rings. The monoisotopic (exact) mass is 331 g/mol. The highest BCUT2D eigenvalue weighted by molar-refractivity contribution is 7.84. The summed E-state index contributed by atoms with van der Waals surface area (Å²) in [6.07, 6.45) is 1.48. The highest BCUT2D eigenvalue weighted by Gasteiger charge is 2.16. The minimum atomic E-state index is -1.31. The summed E-state index contributed by atoms with van der Waals surface area (Å²) in [5, 5.41) is 2.64. The van der Waals surface area contributed by atoms with Gasteiger partial charge in [-0.05, 0) is 31.2 Å². The minimum absolute atomic E-state index is 0.205. The predicted molar refractivity (Wildman–Crippen MR) is 88.9 cm³/mol. The smallest absolute Gasteiger partial charge is 0.339 e. The number of hydrogen-bond donors (Lipinski definition) is 1. The van der Waals surface area contributed by atoms with Gasteiger partial charge in [-0.2, -0.15) is 0 Å². The largest absolute Gasteiger partial charge is 0.452 e. The number of ether oxygens (including phenoxy) is 1. The second-order valence-corrected chi connectivity index (χ2v) is 6.29. The summed E-state index contributed by atoms with van der Waals surface area (Å²) in [6, 6.07) is 13.7. The van der Waals surface area contributed by atoms with Gasteiger partial charge in [-0.25, -0.2) is 4.79 Å². The molecule has 0 aliphatic rings. The lowest BCUT2D eigenvalue weighted by Crippen LogP contribution is -2.21. The van der Waals surface area contributed by atoms with Crippen molar-refractivity contribution in [3.8, 4) is 0 Å². The van der Waals surface area contributed by atoms with Gasteiger partial charge in [0.15, 0.2) is 6.61 Å². The molecule has 0 aliphatic carbocycles. The Morgan fingerprint density at radius 3 is 2.39 bits per heavy atom. The van der Waals surface area contributed by atoms with E-state index in [0.717, 1.165) is 5.56 Å². The van der Waals surface area contributed by atoms with Crippen molar-refractivity contribution in [2.45, 2.75) is 11.8 Å². The van der Waals surface area contributed by atoms with Gasteiger partial charge >= 0.3 is 5.97 Å². The van der Waals surface area contributed by atoms with E-state index in [9.17, 15) is 13.8 Å². The summed E-state index contributed by atoms with van der Waals surface area (Å²) in [6.45, 7) is 1.54. The summed E-state index contributed by atoms with van der Waals surface area (Å²) in [5.74, 6) is -1.10. The van der Waals surface area contributed by atoms with E-state index in [1.54, 1.807) is 30.3 Å². The van der Waals surface area contributed by atoms with Crippen molar-refractivity contribution in [3.63, 3.8) is 0 Å². The normalized spacial score (nSPS) is 11.6. The number of amides is 1. The number of rotatable bonds is 5. The topological polar surface area (TPSA) is 72.5 Å². The van der Waals surface area contributed by atoms with E-state index in [0.29, 0.717) is 10.6 Å². The standard InChI is InChI=1S/C17H17NO4S/c1-12-7-9-13(10-8-12)18-16(19)11-22-17(20)14-5-3-4-6-15(14)23(2)21/h3-10H,11H2,1-2H3,(H,18,19)/t23-/m0/s1. The van der Waals surface area contributed by atoms with Crippen LogP contribution in [0.15, 0.2) is 53.4 Å². The third-order valence-electron chi connectivity index (χ3n) is 3.09. The number of anilines is 1. The fourth-order valence-corrected chi connectivity index (χ4v) is 2.66. The predicted octanol–water partition coefficient (Wildman–Crippen LogP) is 2.53. The van der Waals surface area contributed by atoms with Gasteiger partial charge < -0.3 is 10.1 Å². The molecule has 0 spiro atoms. The fraction of sp³-hybridized carbons (Fsp3) is 0.176.